The summed E-state index contributed by atoms with van der Waals surface area (Å²) in [4.78, 5) is 54.8. The van der Waals surface area contributed by atoms with Gasteiger partial charge in [0.15, 0.2) is 0 Å². The molecule has 0 aromatic heterocycles. The van der Waals surface area contributed by atoms with Crippen LogP contribution in [0.1, 0.15) is 54.8 Å². The number of anilines is 2. The summed E-state index contributed by atoms with van der Waals surface area (Å²) in [5, 5.41) is 14.8. The van der Waals surface area contributed by atoms with Gasteiger partial charge in [-0.25, -0.2) is 4.79 Å². The zero-order valence-corrected chi connectivity index (χ0v) is 24.4. The molecule has 3 aromatic carbocycles. The highest BCUT2D eigenvalue weighted by Gasteiger charge is 2.43. The average Bonchev–Trinajstić information content (AvgIpc) is 3.45. The van der Waals surface area contributed by atoms with Gasteiger partial charge in [0.1, 0.15) is 6.04 Å². The third-order valence-electron chi connectivity index (χ3n) is 8.49. The molecular formula is C34H38N4O5. The second kappa shape index (κ2) is 13.5. The Bertz CT molecular complexity index is 1450. The van der Waals surface area contributed by atoms with Crippen molar-refractivity contribution in [3.8, 4) is 0 Å². The van der Waals surface area contributed by atoms with Crippen LogP contribution in [0.2, 0.25) is 0 Å². The monoisotopic (exact) mass is 582 g/mol. The lowest BCUT2D eigenvalue weighted by atomic mass is 9.93. The highest BCUT2D eigenvalue weighted by Crippen LogP contribution is 2.38. The van der Waals surface area contributed by atoms with Gasteiger partial charge < -0.3 is 25.5 Å². The van der Waals surface area contributed by atoms with E-state index >= 15 is 0 Å². The van der Waals surface area contributed by atoms with Crippen LogP contribution < -0.4 is 10.6 Å². The summed E-state index contributed by atoms with van der Waals surface area (Å²) >= 11 is 0. The van der Waals surface area contributed by atoms with Gasteiger partial charge in [-0.1, -0.05) is 60.7 Å². The third-order valence-corrected chi connectivity index (χ3v) is 8.49. The molecule has 2 aliphatic heterocycles. The SMILES string of the molecule is Cc1ccccc1NC(=O)Nc1ccc(CC(=O)N2C(c3ccccc3)CC[C@H]2C(=O)N2CCC(CC(=O)O)CC2)cc1. The van der Waals surface area contributed by atoms with Gasteiger partial charge in [0.2, 0.25) is 11.8 Å². The number of likely N-dealkylation sites (tertiary alicyclic amines) is 2. The van der Waals surface area contributed by atoms with Crippen molar-refractivity contribution in [1.82, 2.24) is 9.80 Å². The summed E-state index contributed by atoms with van der Waals surface area (Å²) < 4.78 is 0. The standard InChI is InChI=1S/C34H38N4O5/c1-23-7-5-6-10-28(23)36-34(43)35-27-13-11-24(12-14-27)21-31(39)38-29(26-8-3-2-4-9-26)15-16-30(38)33(42)37-19-17-25(18-20-37)22-32(40)41/h2-14,25,29-30H,15-22H2,1H3,(H,40,41)(H2,35,36,43)/t29?,30-/m0/s1. The summed E-state index contributed by atoms with van der Waals surface area (Å²) in [5.41, 5.74) is 4.08. The van der Waals surface area contributed by atoms with Crippen molar-refractivity contribution >= 4 is 35.2 Å². The smallest absolute Gasteiger partial charge is 0.323 e. The molecule has 5 rings (SSSR count). The molecule has 1 unspecified atom stereocenters. The number of amides is 4. The van der Waals surface area contributed by atoms with Crippen molar-refractivity contribution in [2.45, 2.75) is 57.5 Å². The zero-order chi connectivity index (χ0) is 30.3. The maximum atomic E-state index is 13.9. The number of urea groups is 1. The number of carboxylic acids is 1. The molecule has 0 aliphatic carbocycles. The number of carboxylic acid groups (broad SMARTS) is 1. The lowest BCUT2D eigenvalue weighted by Crippen LogP contribution is -2.50. The maximum Gasteiger partial charge on any atom is 0.323 e. The summed E-state index contributed by atoms with van der Waals surface area (Å²) in [5.74, 6) is -0.911. The molecule has 4 amide bonds. The first-order valence-electron chi connectivity index (χ1n) is 14.9. The predicted octanol–water partition coefficient (Wildman–Crippen LogP) is 5.63. The van der Waals surface area contributed by atoms with Crippen molar-refractivity contribution in [3.05, 3.63) is 95.6 Å². The lowest BCUT2D eigenvalue weighted by molar-refractivity contribution is -0.146. The molecule has 3 N–H and O–H groups in total. The number of hydrogen-bond donors (Lipinski definition) is 3. The highest BCUT2D eigenvalue weighted by molar-refractivity contribution is 6.00. The average molecular weight is 583 g/mol. The number of carbonyl (C=O) groups excluding carboxylic acids is 3. The first-order valence-corrected chi connectivity index (χ1v) is 14.9. The van der Waals surface area contributed by atoms with Crippen LogP contribution in [-0.2, 0) is 20.8 Å². The number of rotatable bonds is 8. The number of hydrogen-bond acceptors (Lipinski definition) is 4. The molecule has 0 bridgehead atoms. The maximum absolute atomic E-state index is 13.9. The van der Waals surface area contributed by atoms with E-state index in [4.69, 9.17) is 5.11 Å². The Morgan fingerprint density at radius 3 is 2.16 bits per heavy atom. The predicted molar refractivity (Wildman–Crippen MR) is 165 cm³/mol. The Labute approximate surface area is 251 Å². The quantitative estimate of drug-likeness (QED) is 0.318. The van der Waals surface area contributed by atoms with E-state index in [1.807, 2.05) is 73.7 Å². The van der Waals surface area contributed by atoms with Gasteiger partial charge >= 0.3 is 12.0 Å². The lowest BCUT2D eigenvalue weighted by Gasteiger charge is -2.36. The number of piperidine rings is 1. The molecule has 2 fully saturated rings. The van der Waals surface area contributed by atoms with Crippen LogP contribution in [0.4, 0.5) is 16.2 Å². The summed E-state index contributed by atoms with van der Waals surface area (Å²) in [6.07, 6.45) is 2.84. The molecule has 43 heavy (non-hydrogen) atoms. The summed E-state index contributed by atoms with van der Waals surface area (Å²) in [6.45, 7) is 2.95. The number of para-hydroxylation sites is 1. The summed E-state index contributed by atoms with van der Waals surface area (Å²) in [7, 11) is 0. The normalized spacial score (nSPS) is 18.7. The van der Waals surface area contributed by atoms with Crippen LogP contribution in [0.5, 0.6) is 0 Å². The first kappa shape index (κ1) is 29.8. The molecule has 0 spiro atoms. The molecule has 2 heterocycles. The van der Waals surface area contributed by atoms with E-state index in [9.17, 15) is 19.2 Å². The second-order valence-electron chi connectivity index (χ2n) is 11.5. The van der Waals surface area contributed by atoms with Crippen molar-refractivity contribution in [3.63, 3.8) is 0 Å². The Balaban J connectivity index is 1.25. The van der Waals surface area contributed by atoms with Crippen molar-refractivity contribution in [2.24, 2.45) is 5.92 Å². The van der Waals surface area contributed by atoms with E-state index in [2.05, 4.69) is 10.6 Å². The van der Waals surface area contributed by atoms with Crippen LogP contribution in [-0.4, -0.2) is 57.9 Å². The molecular weight excluding hydrogens is 544 g/mol. The van der Waals surface area contributed by atoms with Crippen LogP contribution in [0.15, 0.2) is 78.9 Å². The number of aliphatic carboxylic acids is 1. The highest BCUT2D eigenvalue weighted by atomic mass is 16.4. The van der Waals surface area contributed by atoms with E-state index in [1.165, 1.54) is 0 Å². The fraction of sp³-hybridized carbons (Fsp3) is 0.353. The fourth-order valence-electron chi connectivity index (χ4n) is 6.19. The Hall–Kier alpha value is -4.66. The fourth-order valence-corrected chi connectivity index (χ4v) is 6.19. The van der Waals surface area contributed by atoms with E-state index in [-0.39, 0.29) is 42.6 Å². The topological polar surface area (TPSA) is 119 Å². The zero-order valence-electron chi connectivity index (χ0n) is 24.4. The molecule has 2 saturated heterocycles. The van der Waals surface area contributed by atoms with Gasteiger partial charge in [-0.3, -0.25) is 14.4 Å². The van der Waals surface area contributed by atoms with Gasteiger partial charge in [-0.2, -0.15) is 0 Å². The molecule has 224 valence electrons. The number of nitrogens with zero attached hydrogens (tertiary/aromatic N) is 2. The first-order chi connectivity index (χ1) is 20.8. The van der Waals surface area contributed by atoms with Crippen molar-refractivity contribution in [1.29, 1.82) is 0 Å². The minimum absolute atomic E-state index is 0.0558. The van der Waals surface area contributed by atoms with Gasteiger partial charge in [-0.05, 0) is 73.4 Å². The van der Waals surface area contributed by atoms with E-state index in [1.54, 1.807) is 21.9 Å². The molecule has 2 aliphatic rings. The van der Waals surface area contributed by atoms with E-state index in [0.717, 1.165) is 22.4 Å². The number of benzene rings is 3. The van der Waals surface area contributed by atoms with Crippen molar-refractivity contribution in [2.75, 3.05) is 23.7 Å². The van der Waals surface area contributed by atoms with Crippen LogP contribution in [0.25, 0.3) is 0 Å². The van der Waals surface area contributed by atoms with Crippen LogP contribution in [0, 0.1) is 12.8 Å². The molecule has 2 atom stereocenters. The third kappa shape index (κ3) is 7.41. The summed E-state index contributed by atoms with van der Waals surface area (Å²) in [6, 6.07) is 23.4. The Kier molecular flexibility index (Phi) is 9.39. The molecule has 9 nitrogen and oxygen atoms in total. The van der Waals surface area contributed by atoms with Gasteiger partial charge in [0, 0.05) is 30.9 Å². The molecule has 0 radical (unpaired) electrons. The van der Waals surface area contributed by atoms with E-state index < -0.39 is 12.0 Å². The molecule has 0 saturated carbocycles. The minimum Gasteiger partial charge on any atom is -0.481 e. The largest absolute Gasteiger partial charge is 0.481 e. The minimum atomic E-state index is -0.808. The Morgan fingerprint density at radius 1 is 0.814 bits per heavy atom. The number of nitrogens with one attached hydrogen (secondary N) is 2. The number of aryl methyl sites for hydroxylation is 1. The van der Waals surface area contributed by atoms with Gasteiger partial charge in [0.25, 0.3) is 0 Å². The van der Waals surface area contributed by atoms with Crippen LogP contribution >= 0.6 is 0 Å². The van der Waals surface area contributed by atoms with Gasteiger partial charge in [0.05, 0.1) is 12.5 Å². The van der Waals surface area contributed by atoms with Gasteiger partial charge in [-0.15, -0.1) is 0 Å². The molecule has 3 aromatic rings. The Morgan fingerprint density at radius 2 is 1.49 bits per heavy atom. The second-order valence-corrected chi connectivity index (χ2v) is 11.5. The molecule has 9 heteroatoms. The van der Waals surface area contributed by atoms with Crippen LogP contribution in [0.3, 0.4) is 0 Å². The van der Waals surface area contributed by atoms with E-state index in [0.29, 0.717) is 44.5 Å². The number of carbonyl (C=O) groups is 4. The van der Waals surface area contributed by atoms with Crippen molar-refractivity contribution < 1.29 is 24.3 Å².